The van der Waals surface area contributed by atoms with Gasteiger partial charge in [-0.3, -0.25) is 4.79 Å². The second kappa shape index (κ2) is 5.24. The average molecular weight is 367 g/mol. The van der Waals surface area contributed by atoms with Crippen molar-refractivity contribution in [3.05, 3.63) is 27.2 Å². The normalized spacial score (nSPS) is 12.4. The first-order valence-electron chi connectivity index (χ1n) is 4.68. The zero-order chi connectivity index (χ0) is 15.0. The Kier molecular flexibility index (Phi) is 4.46. The quantitative estimate of drug-likeness (QED) is 0.765. The van der Waals surface area contributed by atoms with Crippen LogP contribution in [0.3, 0.4) is 0 Å². The minimum atomic E-state index is -5.96. The minimum Gasteiger partial charge on any atom is -0.319 e. The van der Waals surface area contributed by atoms with E-state index in [9.17, 15) is 26.7 Å². The molecule has 2 nitrogen and oxygen atoms in total. The molecule has 1 aromatic rings. The van der Waals surface area contributed by atoms with Crippen LogP contribution in [-0.2, 0) is 4.79 Å². The molecule has 1 amide bonds. The molecule has 0 atom stereocenters. The summed E-state index contributed by atoms with van der Waals surface area (Å²) >= 11 is 8.62. The van der Waals surface area contributed by atoms with Gasteiger partial charge in [-0.05, 0) is 40.5 Å². The number of anilines is 1. The molecule has 9 heteroatoms. The fourth-order valence-electron chi connectivity index (χ4n) is 1.07. The first-order valence-corrected chi connectivity index (χ1v) is 5.85. The van der Waals surface area contributed by atoms with Crippen molar-refractivity contribution in [2.75, 3.05) is 5.32 Å². The second-order valence-electron chi connectivity index (χ2n) is 3.61. The number of rotatable bonds is 2. The van der Waals surface area contributed by atoms with Gasteiger partial charge in [-0.2, -0.15) is 22.0 Å². The maximum Gasteiger partial charge on any atom is 0.463 e. The van der Waals surface area contributed by atoms with E-state index in [4.69, 9.17) is 11.6 Å². The molecule has 0 unspecified atom stereocenters. The van der Waals surface area contributed by atoms with Crippen molar-refractivity contribution in [2.45, 2.75) is 19.0 Å². The first-order chi connectivity index (χ1) is 8.46. The van der Waals surface area contributed by atoms with Crippen LogP contribution in [0.5, 0.6) is 0 Å². The highest BCUT2D eigenvalue weighted by Gasteiger charge is 2.63. The summed E-state index contributed by atoms with van der Waals surface area (Å²) in [5.41, 5.74) is 0.290. The highest BCUT2D eigenvalue weighted by molar-refractivity contribution is 9.10. The van der Waals surface area contributed by atoms with Crippen LogP contribution < -0.4 is 5.32 Å². The number of benzene rings is 1. The molecule has 0 aliphatic heterocycles. The highest BCUT2D eigenvalue weighted by atomic mass is 79.9. The fourth-order valence-corrected chi connectivity index (χ4v) is 1.79. The van der Waals surface area contributed by atoms with Crippen molar-refractivity contribution in [2.24, 2.45) is 0 Å². The lowest BCUT2D eigenvalue weighted by molar-refractivity contribution is -0.267. The molecule has 19 heavy (non-hydrogen) atoms. The van der Waals surface area contributed by atoms with Crippen LogP contribution in [0.25, 0.3) is 0 Å². The molecule has 1 N–H and O–H groups in total. The Morgan fingerprint density at radius 2 is 1.79 bits per heavy atom. The summed E-state index contributed by atoms with van der Waals surface area (Å²) in [4.78, 5) is 11.0. The van der Waals surface area contributed by atoms with Crippen LogP contribution in [0.4, 0.5) is 27.6 Å². The molecule has 0 saturated carbocycles. The topological polar surface area (TPSA) is 29.1 Å². The van der Waals surface area contributed by atoms with E-state index in [2.05, 4.69) is 15.9 Å². The SMILES string of the molecule is Cc1cc(Br)c(NC(=O)C(F)(F)C(F)(F)F)cc1Cl. The number of alkyl halides is 5. The van der Waals surface area contributed by atoms with E-state index in [1.54, 1.807) is 6.92 Å². The number of hydrogen-bond acceptors (Lipinski definition) is 1. The Morgan fingerprint density at radius 1 is 1.26 bits per heavy atom. The van der Waals surface area contributed by atoms with Gasteiger partial charge in [-0.15, -0.1) is 0 Å². The van der Waals surface area contributed by atoms with Crippen molar-refractivity contribution >= 4 is 39.1 Å². The average Bonchev–Trinajstić information content (AvgIpc) is 2.24. The lowest BCUT2D eigenvalue weighted by Gasteiger charge is -2.19. The standard InChI is InChI=1S/C10H6BrClF5NO/c1-4-2-5(11)7(3-6(4)12)18-8(19)9(13,14)10(15,16)17/h2-3H,1H3,(H,18,19). The van der Waals surface area contributed by atoms with Gasteiger partial charge < -0.3 is 5.32 Å². The molecule has 1 aromatic carbocycles. The Labute approximate surface area is 118 Å². The first kappa shape index (κ1) is 16.2. The van der Waals surface area contributed by atoms with Crippen LogP contribution in [0.2, 0.25) is 5.02 Å². The number of aryl methyl sites for hydroxylation is 1. The van der Waals surface area contributed by atoms with Crippen LogP contribution >= 0.6 is 27.5 Å². The van der Waals surface area contributed by atoms with E-state index in [-0.39, 0.29) is 15.2 Å². The van der Waals surface area contributed by atoms with Crippen LogP contribution in [-0.4, -0.2) is 18.0 Å². The lowest BCUT2D eigenvalue weighted by Crippen LogP contribution is -2.47. The van der Waals surface area contributed by atoms with Gasteiger partial charge >= 0.3 is 18.0 Å². The number of carbonyl (C=O) groups is 1. The van der Waals surface area contributed by atoms with Gasteiger partial charge in [0.25, 0.3) is 0 Å². The van der Waals surface area contributed by atoms with Crippen molar-refractivity contribution in [3.8, 4) is 0 Å². The van der Waals surface area contributed by atoms with Gasteiger partial charge in [0.1, 0.15) is 0 Å². The van der Waals surface area contributed by atoms with E-state index >= 15 is 0 Å². The zero-order valence-corrected chi connectivity index (χ0v) is 11.6. The molecule has 1 rings (SSSR count). The lowest BCUT2D eigenvalue weighted by atomic mass is 10.2. The number of amides is 1. The smallest absolute Gasteiger partial charge is 0.319 e. The van der Waals surface area contributed by atoms with Gasteiger partial charge in [-0.1, -0.05) is 11.6 Å². The summed E-state index contributed by atoms with van der Waals surface area (Å²) in [6, 6.07) is 2.45. The molecule has 0 fully saturated rings. The summed E-state index contributed by atoms with van der Waals surface area (Å²) in [6.07, 6.45) is -5.96. The fraction of sp³-hybridized carbons (Fsp3) is 0.300. The maximum atomic E-state index is 12.7. The molecule has 0 aliphatic rings. The van der Waals surface area contributed by atoms with Crippen molar-refractivity contribution in [1.82, 2.24) is 0 Å². The number of nitrogens with one attached hydrogen (secondary N) is 1. The Balaban J connectivity index is 3.05. The van der Waals surface area contributed by atoms with E-state index in [1.165, 1.54) is 11.4 Å². The molecular weight excluding hydrogens is 360 g/mol. The Bertz CT molecular complexity index is 517. The van der Waals surface area contributed by atoms with Gasteiger partial charge in [0, 0.05) is 9.50 Å². The van der Waals surface area contributed by atoms with Gasteiger partial charge in [0.05, 0.1) is 5.69 Å². The third-order valence-electron chi connectivity index (χ3n) is 2.14. The van der Waals surface area contributed by atoms with Crippen molar-refractivity contribution in [3.63, 3.8) is 0 Å². The maximum absolute atomic E-state index is 12.7. The predicted octanol–water partition coefficient (Wildman–Crippen LogP) is 4.55. The van der Waals surface area contributed by atoms with Crippen LogP contribution in [0.1, 0.15) is 5.56 Å². The van der Waals surface area contributed by atoms with E-state index in [1.807, 2.05) is 0 Å². The highest BCUT2D eigenvalue weighted by Crippen LogP contribution is 2.37. The summed E-state index contributed by atoms with van der Waals surface area (Å²) in [5, 5.41) is 1.60. The summed E-state index contributed by atoms with van der Waals surface area (Å²) < 4.78 is 61.6. The van der Waals surface area contributed by atoms with E-state index in [0.29, 0.717) is 5.56 Å². The second-order valence-corrected chi connectivity index (χ2v) is 4.87. The molecule has 0 radical (unpaired) electrons. The Hall–Kier alpha value is -0.890. The van der Waals surface area contributed by atoms with Crippen LogP contribution in [0, 0.1) is 6.92 Å². The number of carbonyl (C=O) groups excluding carboxylic acids is 1. The van der Waals surface area contributed by atoms with E-state index in [0.717, 1.165) is 6.07 Å². The number of hydrogen-bond donors (Lipinski definition) is 1. The van der Waals surface area contributed by atoms with Crippen molar-refractivity contribution < 1.29 is 26.7 Å². The summed E-state index contributed by atoms with van der Waals surface area (Å²) in [6.45, 7) is 1.60. The molecule has 0 aromatic heterocycles. The van der Waals surface area contributed by atoms with Gasteiger partial charge in [0.15, 0.2) is 0 Å². The molecule has 0 bridgehead atoms. The molecule has 0 saturated heterocycles. The zero-order valence-electron chi connectivity index (χ0n) is 9.21. The summed E-state index contributed by atoms with van der Waals surface area (Å²) in [7, 11) is 0. The van der Waals surface area contributed by atoms with E-state index < -0.39 is 18.0 Å². The molecule has 0 spiro atoms. The van der Waals surface area contributed by atoms with Gasteiger partial charge in [0.2, 0.25) is 0 Å². The third-order valence-corrected chi connectivity index (χ3v) is 3.20. The minimum absolute atomic E-state index is 0.119. The monoisotopic (exact) mass is 365 g/mol. The van der Waals surface area contributed by atoms with Crippen molar-refractivity contribution in [1.29, 1.82) is 0 Å². The molecule has 0 heterocycles. The third kappa shape index (κ3) is 3.36. The van der Waals surface area contributed by atoms with Gasteiger partial charge in [-0.25, -0.2) is 0 Å². The molecule has 106 valence electrons. The van der Waals surface area contributed by atoms with Crippen LogP contribution in [0.15, 0.2) is 16.6 Å². The summed E-state index contributed by atoms with van der Waals surface area (Å²) in [5.74, 6) is -7.95. The Morgan fingerprint density at radius 3 is 2.26 bits per heavy atom. The molecular formula is C10H6BrClF5NO. The molecule has 0 aliphatic carbocycles. The predicted molar refractivity (Wildman–Crippen MR) is 63.5 cm³/mol. The largest absolute Gasteiger partial charge is 0.463 e. The number of halogens is 7.